The maximum Gasteiger partial charge on any atom is 0.158 e. The molecule has 0 aromatic rings. The van der Waals surface area contributed by atoms with Crippen LogP contribution in [-0.2, 0) is 14.3 Å². The number of rotatable bonds is 2. The van der Waals surface area contributed by atoms with Crippen LogP contribution in [0.3, 0.4) is 0 Å². The van der Waals surface area contributed by atoms with Gasteiger partial charge in [0.05, 0.1) is 19.3 Å². The number of nitrogens with two attached hydrogens (primary N) is 1. The number of alkyl halides is 1. The molecule has 5 heteroatoms. The van der Waals surface area contributed by atoms with Crippen molar-refractivity contribution < 1.29 is 18.7 Å². The zero-order valence-corrected chi connectivity index (χ0v) is 11.8. The van der Waals surface area contributed by atoms with E-state index < -0.39 is 12.2 Å². The monoisotopic (exact) mass is 291 g/mol. The highest BCUT2D eigenvalue weighted by atomic mass is 19.1. The van der Waals surface area contributed by atoms with Gasteiger partial charge >= 0.3 is 0 Å². The van der Waals surface area contributed by atoms with Crippen molar-refractivity contribution in [2.45, 2.75) is 31.3 Å². The van der Waals surface area contributed by atoms with E-state index in [1.807, 2.05) is 6.08 Å². The van der Waals surface area contributed by atoms with Gasteiger partial charge in [-0.15, -0.1) is 0 Å². The van der Waals surface area contributed by atoms with Crippen LogP contribution >= 0.6 is 0 Å². The first kappa shape index (κ1) is 14.4. The standard InChI is InChI=1S/C16H18FNO3/c1-9(19)12-6-11(8-15-16(12)21-5-4-20-15)10-2-3-13(17)14(18)7-10/h2-3,6-8,13-16H,4-5,18H2,1H3. The van der Waals surface area contributed by atoms with Gasteiger partial charge in [0.2, 0.25) is 0 Å². The Labute approximate surface area is 122 Å². The minimum atomic E-state index is -1.17. The van der Waals surface area contributed by atoms with Crippen LogP contribution in [0.1, 0.15) is 6.92 Å². The van der Waals surface area contributed by atoms with Gasteiger partial charge in [-0.1, -0.05) is 12.2 Å². The van der Waals surface area contributed by atoms with E-state index in [-0.39, 0.29) is 18.0 Å². The lowest BCUT2D eigenvalue weighted by molar-refractivity contribution is -0.125. The molecule has 2 aliphatic carbocycles. The van der Waals surface area contributed by atoms with Gasteiger partial charge in [-0.3, -0.25) is 4.79 Å². The molecule has 4 atom stereocenters. The summed E-state index contributed by atoms with van der Waals surface area (Å²) in [5.41, 5.74) is 7.95. The second-order valence-corrected chi connectivity index (χ2v) is 5.41. The highest BCUT2D eigenvalue weighted by Crippen LogP contribution is 2.31. The summed E-state index contributed by atoms with van der Waals surface area (Å²) in [5, 5.41) is 0. The number of allylic oxidation sites excluding steroid dienone is 4. The van der Waals surface area contributed by atoms with Gasteiger partial charge < -0.3 is 15.2 Å². The van der Waals surface area contributed by atoms with Crippen molar-refractivity contribution in [2.75, 3.05) is 13.2 Å². The molecule has 112 valence electrons. The molecule has 1 saturated heterocycles. The van der Waals surface area contributed by atoms with Gasteiger partial charge in [0, 0.05) is 5.57 Å². The Balaban J connectivity index is 1.95. The van der Waals surface area contributed by atoms with Crippen LogP contribution in [-0.4, -0.2) is 43.4 Å². The molecule has 3 rings (SSSR count). The molecule has 2 N–H and O–H groups in total. The minimum absolute atomic E-state index is 0.0471. The maximum atomic E-state index is 13.4. The van der Waals surface area contributed by atoms with Crippen molar-refractivity contribution >= 4 is 5.78 Å². The topological polar surface area (TPSA) is 61.6 Å². The molecule has 0 amide bonds. The van der Waals surface area contributed by atoms with Crippen molar-refractivity contribution in [1.29, 1.82) is 0 Å². The average molecular weight is 291 g/mol. The molecule has 4 nitrogen and oxygen atoms in total. The highest BCUT2D eigenvalue weighted by Gasteiger charge is 2.34. The first-order chi connectivity index (χ1) is 10.1. The number of hydrogen-bond donors (Lipinski definition) is 1. The third-order valence-corrected chi connectivity index (χ3v) is 3.89. The molecule has 0 radical (unpaired) electrons. The van der Waals surface area contributed by atoms with Gasteiger partial charge in [-0.25, -0.2) is 4.39 Å². The van der Waals surface area contributed by atoms with Crippen LogP contribution in [0.5, 0.6) is 0 Å². The van der Waals surface area contributed by atoms with Crippen molar-refractivity contribution in [3.63, 3.8) is 0 Å². The molecule has 1 fully saturated rings. The van der Waals surface area contributed by atoms with Crippen LogP contribution in [0, 0.1) is 0 Å². The fraction of sp³-hybridized carbons (Fsp3) is 0.438. The lowest BCUT2D eigenvalue weighted by Crippen LogP contribution is -2.42. The summed E-state index contributed by atoms with van der Waals surface area (Å²) in [4.78, 5) is 11.8. The Hall–Kier alpha value is -1.56. The number of carbonyl (C=O) groups is 1. The van der Waals surface area contributed by atoms with E-state index in [4.69, 9.17) is 15.2 Å². The third kappa shape index (κ3) is 2.77. The number of ether oxygens (including phenoxy) is 2. The molecule has 4 unspecified atom stereocenters. The molecular formula is C16H18FNO3. The van der Waals surface area contributed by atoms with Crippen LogP contribution in [0.15, 0.2) is 47.1 Å². The third-order valence-electron chi connectivity index (χ3n) is 3.89. The van der Waals surface area contributed by atoms with Crippen LogP contribution in [0.25, 0.3) is 0 Å². The van der Waals surface area contributed by atoms with E-state index in [2.05, 4.69) is 0 Å². The smallest absolute Gasteiger partial charge is 0.158 e. The summed E-state index contributed by atoms with van der Waals surface area (Å²) in [6.07, 6.45) is 6.70. The molecule has 1 heterocycles. The normalized spacial score (nSPS) is 35.5. The Morgan fingerprint density at radius 2 is 2.05 bits per heavy atom. The molecule has 21 heavy (non-hydrogen) atoms. The number of hydrogen-bond acceptors (Lipinski definition) is 4. The highest BCUT2D eigenvalue weighted by molar-refractivity contribution is 5.95. The van der Waals surface area contributed by atoms with Crippen LogP contribution in [0.4, 0.5) is 4.39 Å². The summed E-state index contributed by atoms with van der Waals surface area (Å²) in [5.74, 6) is -0.0471. The first-order valence-electron chi connectivity index (χ1n) is 7.04. The number of carbonyl (C=O) groups excluding carboxylic acids is 1. The number of Topliss-reactive ketones (excluding diaryl/α,β-unsaturated/α-hetero) is 1. The van der Waals surface area contributed by atoms with E-state index in [0.717, 1.165) is 11.1 Å². The lowest BCUT2D eigenvalue weighted by Gasteiger charge is -2.34. The summed E-state index contributed by atoms with van der Waals surface area (Å²) in [6, 6.07) is -0.665. The molecular weight excluding hydrogens is 273 g/mol. The van der Waals surface area contributed by atoms with Gasteiger partial charge in [0.1, 0.15) is 18.4 Å². The van der Waals surface area contributed by atoms with Gasteiger partial charge in [0.25, 0.3) is 0 Å². The summed E-state index contributed by atoms with van der Waals surface area (Å²) < 4.78 is 24.7. The van der Waals surface area contributed by atoms with Gasteiger partial charge in [-0.05, 0) is 36.3 Å². The molecule has 0 saturated carbocycles. The number of fused-ring (bicyclic) bond motifs is 1. The quantitative estimate of drug-likeness (QED) is 0.835. The lowest BCUT2D eigenvalue weighted by atomic mass is 9.86. The van der Waals surface area contributed by atoms with Gasteiger partial charge in [0.15, 0.2) is 5.78 Å². The summed E-state index contributed by atoms with van der Waals surface area (Å²) >= 11 is 0. The number of halogens is 1. The van der Waals surface area contributed by atoms with E-state index in [0.29, 0.717) is 18.8 Å². The Kier molecular flexibility index (Phi) is 3.89. The summed E-state index contributed by atoms with van der Waals surface area (Å²) in [7, 11) is 0. The van der Waals surface area contributed by atoms with E-state index in [9.17, 15) is 9.18 Å². The van der Waals surface area contributed by atoms with Crippen LogP contribution in [0.2, 0.25) is 0 Å². The van der Waals surface area contributed by atoms with Crippen molar-refractivity contribution in [2.24, 2.45) is 5.73 Å². The predicted molar refractivity (Wildman–Crippen MR) is 76.4 cm³/mol. The molecule has 0 spiro atoms. The summed E-state index contributed by atoms with van der Waals surface area (Å²) in [6.45, 7) is 2.49. The van der Waals surface area contributed by atoms with Crippen molar-refractivity contribution in [1.82, 2.24) is 0 Å². The predicted octanol–water partition coefficient (Wildman–Crippen LogP) is 1.39. The van der Waals surface area contributed by atoms with E-state index >= 15 is 0 Å². The minimum Gasteiger partial charge on any atom is -0.369 e. The van der Waals surface area contributed by atoms with E-state index in [1.165, 1.54) is 13.0 Å². The SMILES string of the molecule is CC(=O)C1=CC(C2=CC(N)C(F)C=C2)=CC2OCCOC12. The Bertz CT molecular complexity index is 576. The molecule has 0 aromatic heterocycles. The number of ketones is 1. The fourth-order valence-electron chi connectivity index (χ4n) is 2.77. The first-order valence-corrected chi connectivity index (χ1v) is 7.04. The Morgan fingerprint density at radius 1 is 1.29 bits per heavy atom. The molecule has 0 aromatic carbocycles. The van der Waals surface area contributed by atoms with Gasteiger partial charge in [-0.2, -0.15) is 0 Å². The zero-order valence-electron chi connectivity index (χ0n) is 11.8. The molecule has 0 bridgehead atoms. The average Bonchev–Trinajstić information content (AvgIpc) is 2.48. The maximum absolute atomic E-state index is 13.4. The van der Waals surface area contributed by atoms with Crippen molar-refractivity contribution in [3.8, 4) is 0 Å². The van der Waals surface area contributed by atoms with E-state index in [1.54, 1.807) is 18.2 Å². The second-order valence-electron chi connectivity index (χ2n) is 5.41. The van der Waals surface area contributed by atoms with Crippen molar-refractivity contribution in [3.05, 3.63) is 47.1 Å². The second kappa shape index (κ2) is 5.67. The largest absolute Gasteiger partial charge is 0.369 e. The molecule has 3 aliphatic rings. The van der Waals surface area contributed by atoms with Crippen LogP contribution < -0.4 is 5.73 Å². The fourth-order valence-corrected chi connectivity index (χ4v) is 2.77. The zero-order chi connectivity index (χ0) is 15.0. The Morgan fingerprint density at radius 3 is 2.76 bits per heavy atom. The molecule has 1 aliphatic heterocycles.